The Morgan fingerprint density at radius 3 is 2.72 bits per heavy atom. The van der Waals surface area contributed by atoms with Crippen molar-refractivity contribution in [2.75, 3.05) is 12.4 Å². The number of nitrogens with zero attached hydrogens (tertiary/aromatic N) is 2. The summed E-state index contributed by atoms with van der Waals surface area (Å²) in [6, 6.07) is 5.24. The Kier molecular flexibility index (Phi) is 4.21. The maximum absolute atomic E-state index is 11.3. The van der Waals surface area contributed by atoms with Gasteiger partial charge in [0.25, 0.3) is 5.69 Å². The predicted molar refractivity (Wildman–Crippen MR) is 65.0 cm³/mol. The number of carbonyl (C=O) groups is 1. The minimum atomic E-state index is -0.610. The van der Waals surface area contributed by atoms with Crippen LogP contribution >= 0.6 is 0 Å². The van der Waals surface area contributed by atoms with Gasteiger partial charge in [0.05, 0.1) is 16.6 Å². The molecule has 0 spiro atoms. The van der Waals surface area contributed by atoms with Gasteiger partial charge in [0.1, 0.15) is 11.7 Å². The first-order valence-corrected chi connectivity index (χ1v) is 5.16. The standard InChI is InChI=1S/C11H12N4O3/c1-7(11(16)13-2)14-9-4-3-8(6-12)5-10(9)15(17)18/h3-5,7,14H,1-2H3,(H,13,16). The van der Waals surface area contributed by atoms with E-state index in [1.165, 1.54) is 25.2 Å². The first kappa shape index (κ1) is 13.4. The summed E-state index contributed by atoms with van der Waals surface area (Å²) < 4.78 is 0. The summed E-state index contributed by atoms with van der Waals surface area (Å²) in [4.78, 5) is 21.6. The van der Waals surface area contributed by atoms with Crippen LogP contribution in [0, 0.1) is 21.4 Å². The molecule has 0 fully saturated rings. The minimum Gasteiger partial charge on any atom is -0.368 e. The lowest BCUT2D eigenvalue weighted by atomic mass is 10.1. The highest BCUT2D eigenvalue weighted by Crippen LogP contribution is 2.25. The van der Waals surface area contributed by atoms with Crippen LogP contribution in [0.15, 0.2) is 18.2 Å². The molecule has 0 aliphatic carbocycles. The molecule has 1 aromatic carbocycles. The van der Waals surface area contributed by atoms with Gasteiger partial charge in [-0.2, -0.15) is 5.26 Å². The fraction of sp³-hybridized carbons (Fsp3) is 0.273. The van der Waals surface area contributed by atoms with Gasteiger partial charge in [-0.05, 0) is 19.1 Å². The third-order valence-electron chi connectivity index (χ3n) is 2.34. The molecule has 7 nitrogen and oxygen atoms in total. The molecule has 1 rings (SSSR count). The van der Waals surface area contributed by atoms with Crippen LogP contribution in [0.4, 0.5) is 11.4 Å². The Morgan fingerprint density at radius 1 is 1.56 bits per heavy atom. The van der Waals surface area contributed by atoms with Crippen LogP contribution in [-0.4, -0.2) is 23.9 Å². The molecule has 1 amide bonds. The van der Waals surface area contributed by atoms with Crippen molar-refractivity contribution < 1.29 is 9.72 Å². The summed E-state index contributed by atoms with van der Waals surface area (Å²) in [5.74, 6) is -0.284. The highest BCUT2D eigenvalue weighted by atomic mass is 16.6. The van der Waals surface area contributed by atoms with Gasteiger partial charge in [-0.1, -0.05) is 0 Å². The highest BCUT2D eigenvalue weighted by Gasteiger charge is 2.18. The van der Waals surface area contributed by atoms with E-state index in [0.717, 1.165) is 0 Å². The van der Waals surface area contributed by atoms with Gasteiger partial charge in [0.2, 0.25) is 5.91 Å². The van der Waals surface area contributed by atoms with Crippen molar-refractivity contribution in [2.45, 2.75) is 13.0 Å². The van der Waals surface area contributed by atoms with Crippen molar-refractivity contribution in [2.24, 2.45) is 0 Å². The van der Waals surface area contributed by atoms with Crippen LogP contribution in [0.3, 0.4) is 0 Å². The van der Waals surface area contributed by atoms with Crippen molar-refractivity contribution in [3.8, 4) is 6.07 Å². The Balaban J connectivity index is 3.06. The van der Waals surface area contributed by atoms with E-state index in [4.69, 9.17) is 5.26 Å². The molecule has 1 atom stereocenters. The van der Waals surface area contributed by atoms with Crippen LogP contribution in [0.25, 0.3) is 0 Å². The van der Waals surface area contributed by atoms with Gasteiger partial charge >= 0.3 is 0 Å². The van der Waals surface area contributed by atoms with Gasteiger partial charge in [-0.3, -0.25) is 14.9 Å². The number of rotatable bonds is 4. The van der Waals surface area contributed by atoms with Crippen LogP contribution < -0.4 is 10.6 Å². The van der Waals surface area contributed by atoms with Gasteiger partial charge < -0.3 is 10.6 Å². The number of nitrogens with one attached hydrogen (secondary N) is 2. The number of likely N-dealkylation sites (N-methyl/N-ethyl adjacent to an activating group) is 1. The normalized spacial score (nSPS) is 11.2. The first-order valence-electron chi connectivity index (χ1n) is 5.16. The van der Waals surface area contributed by atoms with E-state index in [0.29, 0.717) is 0 Å². The quantitative estimate of drug-likeness (QED) is 0.610. The number of anilines is 1. The van der Waals surface area contributed by atoms with Crippen molar-refractivity contribution in [3.05, 3.63) is 33.9 Å². The lowest BCUT2D eigenvalue weighted by Crippen LogP contribution is -2.35. The smallest absolute Gasteiger partial charge is 0.293 e. The van der Waals surface area contributed by atoms with Crippen molar-refractivity contribution in [1.29, 1.82) is 5.26 Å². The molecule has 0 saturated heterocycles. The number of nitro groups is 1. The number of nitro benzene ring substituents is 1. The fourth-order valence-corrected chi connectivity index (χ4v) is 1.39. The molecule has 2 N–H and O–H groups in total. The first-order chi connectivity index (χ1) is 8.49. The summed E-state index contributed by atoms with van der Waals surface area (Å²) >= 11 is 0. The molecular weight excluding hydrogens is 236 g/mol. The zero-order valence-corrected chi connectivity index (χ0v) is 9.93. The molecule has 0 aliphatic rings. The van der Waals surface area contributed by atoms with Gasteiger partial charge in [-0.25, -0.2) is 0 Å². The van der Waals surface area contributed by atoms with Crippen molar-refractivity contribution in [3.63, 3.8) is 0 Å². The fourth-order valence-electron chi connectivity index (χ4n) is 1.39. The summed E-state index contributed by atoms with van der Waals surface area (Å²) in [6.45, 7) is 1.58. The number of amides is 1. The Bertz CT molecular complexity index is 522. The molecule has 0 saturated carbocycles. The second-order valence-electron chi connectivity index (χ2n) is 3.58. The maximum atomic E-state index is 11.3. The topological polar surface area (TPSA) is 108 Å². The number of hydrogen-bond donors (Lipinski definition) is 2. The average molecular weight is 248 g/mol. The molecule has 7 heteroatoms. The molecule has 0 aromatic heterocycles. The molecule has 94 valence electrons. The van der Waals surface area contributed by atoms with E-state index in [1.807, 2.05) is 6.07 Å². The lowest BCUT2D eigenvalue weighted by Gasteiger charge is -2.13. The van der Waals surface area contributed by atoms with E-state index in [-0.39, 0.29) is 22.8 Å². The Hall–Kier alpha value is -2.62. The molecule has 1 unspecified atom stereocenters. The molecule has 0 aliphatic heterocycles. The van der Waals surface area contributed by atoms with Crippen LogP contribution in [0.1, 0.15) is 12.5 Å². The molecule has 0 radical (unpaired) electrons. The predicted octanol–water partition coefficient (Wildman–Crippen LogP) is 1.01. The van der Waals surface area contributed by atoms with E-state index in [2.05, 4.69) is 10.6 Å². The molecule has 18 heavy (non-hydrogen) atoms. The summed E-state index contributed by atoms with van der Waals surface area (Å²) in [7, 11) is 1.48. The third kappa shape index (κ3) is 2.95. The molecule has 0 bridgehead atoms. The second-order valence-corrected chi connectivity index (χ2v) is 3.58. The number of nitriles is 1. The van der Waals surface area contributed by atoms with Crippen LogP contribution in [0.2, 0.25) is 0 Å². The van der Waals surface area contributed by atoms with E-state index < -0.39 is 11.0 Å². The summed E-state index contributed by atoms with van der Waals surface area (Å²) in [5.41, 5.74) is 0.166. The average Bonchev–Trinajstić information content (AvgIpc) is 2.37. The Morgan fingerprint density at radius 2 is 2.22 bits per heavy atom. The highest BCUT2D eigenvalue weighted by molar-refractivity contribution is 5.84. The third-order valence-corrected chi connectivity index (χ3v) is 2.34. The zero-order valence-electron chi connectivity index (χ0n) is 9.93. The SMILES string of the molecule is CNC(=O)C(C)Nc1ccc(C#N)cc1[N+](=O)[O-]. The monoisotopic (exact) mass is 248 g/mol. The van der Waals surface area contributed by atoms with Gasteiger partial charge in [-0.15, -0.1) is 0 Å². The van der Waals surface area contributed by atoms with Crippen molar-refractivity contribution in [1.82, 2.24) is 5.32 Å². The number of carbonyl (C=O) groups excluding carboxylic acids is 1. The molecule has 0 heterocycles. The second kappa shape index (κ2) is 5.63. The summed E-state index contributed by atoms with van der Waals surface area (Å²) in [6.07, 6.45) is 0. The van der Waals surface area contributed by atoms with Crippen molar-refractivity contribution >= 4 is 17.3 Å². The molecular formula is C11H12N4O3. The minimum absolute atomic E-state index is 0.194. The largest absolute Gasteiger partial charge is 0.368 e. The van der Waals surface area contributed by atoms with Crippen LogP contribution in [0.5, 0.6) is 0 Å². The maximum Gasteiger partial charge on any atom is 0.293 e. The Labute approximate surface area is 104 Å². The van der Waals surface area contributed by atoms with Gasteiger partial charge in [0, 0.05) is 13.1 Å². The molecule has 1 aromatic rings. The van der Waals surface area contributed by atoms with Gasteiger partial charge in [0.15, 0.2) is 0 Å². The number of hydrogen-bond acceptors (Lipinski definition) is 5. The van der Waals surface area contributed by atoms with Crippen LogP contribution in [-0.2, 0) is 4.79 Å². The summed E-state index contributed by atoms with van der Waals surface area (Å²) in [5, 5.41) is 24.7. The zero-order chi connectivity index (χ0) is 13.7. The van der Waals surface area contributed by atoms with E-state index >= 15 is 0 Å². The lowest BCUT2D eigenvalue weighted by molar-refractivity contribution is -0.384. The van der Waals surface area contributed by atoms with E-state index in [1.54, 1.807) is 6.92 Å². The van der Waals surface area contributed by atoms with E-state index in [9.17, 15) is 14.9 Å². The number of benzene rings is 1.